The third-order valence-corrected chi connectivity index (χ3v) is 2.12. The Bertz CT molecular complexity index is 515. The van der Waals surface area contributed by atoms with Crippen molar-refractivity contribution in [1.82, 2.24) is 0 Å². The fraction of sp³-hybridized carbons (Fsp3) is 0.273. The van der Waals surface area contributed by atoms with E-state index in [0.29, 0.717) is 0 Å². The highest BCUT2D eigenvalue weighted by Gasteiger charge is 2.31. The van der Waals surface area contributed by atoms with E-state index in [1.807, 2.05) is 0 Å². The Morgan fingerprint density at radius 1 is 1.20 bits per heavy atom. The minimum Gasteiger partial charge on any atom is -0.406 e. The number of carbonyl (C=O) groups excluding carboxylic acids is 2. The van der Waals surface area contributed by atoms with E-state index in [1.165, 1.54) is 12.1 Å². The maximum Gasteiger partial charge on any atom is 0.573 e. The van der Waals surface area contributed by atoms with E-state index in [1.54, 1.807) is 0 Å². The van der Waals surface area contributed by atoms with Crippen molar-refractivity contribution in [2.24, 2.45) is 0 Å². The maximum absolute atomic E-state index is 12.1. The molecule has 0 unspecified atom stereocenters. The normalized spacial score (nSPS) is 16.4. The molecule has 1 fully saturated rings. The molecule has 0 amide bonds. The van der Waals surface area contributed by atoms with E-state index < -0.39 is 36.9 Å². The predicted molar refractivity (Wildman–Crippen MR) is 57.3 cm³/mol. The van der Waals surface area contributed by atoms with Gasteiger partial charge in [-0.3, -0.25) is 9.59 Å². The molecule has 0 radical (unpaired) electrons. The van der Waals surface area contributed by atoms with E-state index in [4.69, 9.17) is 0 Å². The molecule has 108 valence electrons. The lowest BCUT2D eigenvalue weighted by Gasteiger charge is -2.23. The number of hydrogen-bond acceptors (Lipinski definition) is 6. The first kappa shape index (κ1) is 14.0. The van der Waals surface area contributed by atoms with Gasteiger partial charge in [0, 0.05) is 11.8 Å². The number of hydrogen-bond donors (Lipinski definition) is 1. The van der Waals surface area contributed by atoms with Gasteiger partial charge in [0.25, 0.3) is 0 Å². The molecule has 0 saturated carbocycles. The Labute approximate surface area is 110 Å². The summed E-state index contributed by atoms with van der Waals surface area (Å²) >= 11 is 0. The summed E-state index contributed by atoms with van der Waals surface area (Å²) < 4.78 is 49.2. The van der Waals surface area contributed by atoms with Crippen molar-refractivity contribution >= 4 is 17.6 Å². The highest BCUT2D eigenvalue weighted by Crippen LogP contribution is 2.25. The summed E-state index contributed by atoms with van der Waals surface area (Å²) in [6.45, 7) is 0. The zero-order chi connectivity index (χ0) is 14.8. The molecule has 1 N–H and O–H groups in total. The van der Waals surface area contributed by atoms with E-state index in [2.05, 4.69) is 19.5 Å². The van der Waals surface area contributed by atoms with E-state index in [9.17, 15) is 22.8 Å². The smallest absolute Gasteiger partial charge is 0.406 e. The average Bonchev–Trinajstić information content (AvgIpc) is 2.25. The third kappa shape index (κ3) is 4.04. The molecular weight excluding hydrogens is 283 g/mol. The van der Waals surface area contributed by atoms with Crippen molar-refractivity contribution in [2.45, 2.75) is 19.2 Å². The second-order valence-corrected chi connectivity index (χ2v) is 3.71. The van der Waals surface area contributed by atoms with Gasteiger partial charge in [-0.15, -0.1) is 13.2 Å². The van der Waals surface area contributed by atoms with Crippen LogP contribution in [0.25, 0.3) is 0 Å². The van der Waals surface area contributed by atoms with Gasteiger partial charge >= 0.3 is 24.7 Å². The SMILES string of the molecule is O=C1CC(=O)OC(Nc2cccc(OC(F)(F)F)c2)O1. The van der Waals surface area contributed by atoms with Gasteiger partial charge < -0.3 is 19.5 Å². The molecule has 1 aliphatic heterocycles. The Balaban J connectivity index is 2.04. The van der Waals surface area contributed by atoms with Crippen molar-refractivity contribution in [2.75, 3.05) is 5.32 Å². The Morgan fingerprint density at radius 3 is 2.45 bits per heavy atom. The first-order chi connectivity index (χ1) is 9.32. The Hall–Kier alpha value is -2.45. The van der Waals surface area contributed by atoms with Gasteiger partial charge in [-0.1, -0.05) is 6.07 Å². The molecule has 0 aromatic heterocycles. The average molecular weight is 291 g/mol. The monoisotopic (exact) mass is 291 g/mol. The van der Waals surface area contributed by atoms with Gasteiger partial charge in [0.1, 0.15) is 12.2 Å². The standard InChI is InChI=1S/C11H8F3NO5/c12-11(13,14)20-7-3-1-2-6(4-7)15-10-18-8(16)5-9(17)19-10/h1-4,10,15H,5H2. The fourth-order valence-electron chi connectivity index (χ4n) is 1.44. The highest BCUT2D eigenvalue weighted by molar-refractivity contribution is 5.92. The summed E-state index contributed by atoms with van der Waals surface area (Å²) in [7, 11) is 0. The molecule has 0 spiro atoms. The summed E-state index contributed by atoms with van der Waals surface area (Å²) in [6, 6.07) is 4.79. The minimum atomic E-state index is -4.82. The number of ether oxygens (including phenoxy) is 3. The van der Waals surface area contributed by atoms with Crippen molar-refractivity contribution < 1.29 is 37.0 Å². The lowest BCUT2D eigenvalue weighted by Crippen LogP contribution is -2.37. The molecule has 0 bridgehead atoms. The van der Waals surface area contributed by atoms with Crippen LogP contribution in [-0.4, -0.2) is 24.7 Å². The van der Waals surface area contributed by atoms with E-state index >= 15 is 0 Å². The van der Waals surface area contributed by atoms with Gasteiger partial charge in [-0.05, 0) is 12.1 Å². The molecular formula is C11H8F3NO5. The molecule has 20 heavy (non-hydrogen) atoms. The van der Waals surface area contributed by atoms with Gasteiger partial charge in [0.05, 0.1) is 0 Å². The fourth-order valence-corrected chi connectivity index (χ4v) is 1.44. The molecule has 0 aliphatic carbocycles. The lowest BCUT2D eigenvalue weighted by molar-refractivity contribution is -0.274. The van der Waals surface area contributed by atoms with E-state index in [-0.39, 0.29) is 5.69 Å². The predicted octanol–water partition coefficient (Wildman–Crippen LogP) is 1.77. The van der Waals surface area contributed by atoms with Crippen LogP contribution in [0.4, 0.5) is 18.9 Å². The van der Waals surface area contributed by atoms with Gasteiger partial charge in [0.15, 0.2) is 0 Å². The van der Waals surface area contributed by atoms with Gasteiger partial charge in [-0.2, -0.15) is 0 Å². The van der Waals surface area contributed by atoms with Crippen molar-refractivity contribution in [3.63, 3.8) is 0 Å². The summed E-state index contributed by atoms with van der Waals surface area (Å²) in [6.07, 6.45) is -6.71. The van der Waals surface area contributed by atoms with Crippen LogP contribution in [0.5, 0.6) is 5.75 Å². The lowest BCUT2D eigenvalue weighted by atomic mass is 10.3. The number of anilines is 1. The molecule has 9 heteroatoms. The summed E-state index contributed by atoms with van der Waals surface area (Å²) in [5.41, 5.74) is 0.124. The number of carbonyl (C=O) groups is 2. The van der Waals surface area contributed by atoms with Crippen LogP contribution in [0.3, 0.4) is 0 Å². The zero-order valence-electron chi connectivity index (χ0n) is 9.77. The first-order valence-corrected chi connectivity index (χ1v) is 5.33. The molecule has 0 atom stereocenters. The number of benzene rings is 1. The van der Waals surface area contributed by atoms with Crippen LogP contribution in [-0.2, 0) is 19.1 Å². The van der Waals surface area contributed by atoms with E-state index in [0.717, 1.165) is 12.1 Å². The van der Waals surface area contributed by atoms with Crippen LogP contribution in [0.15, 0.2) is 24.3 Å². The number of cyclic esters (lactones) is 2. The molecule has 1 aromatic carbocycles. The van der Waals surface area contributed by atoms with Crippen LogP contribution in [0.1, 0.15) is 6.42 Å². The second-order valence-electron chi connectivity index (χ2n) is 3.71. The van der Waals surface area contributed by atoms with Crippen molar-refractivity contribution in [3.05, 3.63) is 24.3 Å². The third-order valence-electron chi connectivity index (χ3n) is 2.12. The van der Waals surface area contributed by atoms with Crippen LogP contribution >= 0.6 is 0 Å². The van der Waals surface area contributed by atoms with Crippen molar-refractivity contribution in [1.29, 1.82) is 0 Å². The number of halogens is 3. The number of esters is 2. The molecule has 1 aromatic rings. The summed E-state index contributed by atoms with van der Waals surface area (Å²) in [5, 5.41) is 2.43. The minimum absolute atomic E-state index is 0.124. The highest BCUT2D eigenvalue weighted by atomic mass is 19.4. The molecule has 6 nitrogen and oxygen atoms in total. The Kier molecular flexibility index (Phi) is 3.68. The molecule has 1 saturated heterocycles. The zero-order valence-corrected chi connectivity index (χ0v) is 9.77. The number of alkyl halides is 3. The molecule has 2 rings (SSSR count). The quantitative estimate of drug-likeness (QED) is 0.676. The molecule has 1 heterocycles. The first-order valence-electron chi connectivity index (χ1n) is 5.33. The van der Waals surface area contributed by atoms with Crippen LogP contribution in [0.2, 0.25) is 0 Å². The Morgan fingerprint density at radius 2 is 1.85 bits per heavy atom. The topological polar surface area (TPSA) is 73.9 Å². The van der Waals surface area contributed by atoms with Crippen LogP contribution in [0, 0.1) is 0 Å². The number of nitrogens with one attached hydrogen (secondary N) is 1. The van der Waals surface area contributed by atoms with Gasteiger partial charge in [0.2, 0.25) is 0 Å². The number of rotatable bonds is 3. The summed E-state index contributed by atoms with van der Waals surface area (Å²) in [5.74, 6) is -2.04. The maximum atomic E-state index is 12.1. The largest absolute Gasteiger partial charge is 0.573 e. The van der Waals surface area contributed by atoms with Crippen LogP contribution < -0.4 is 10.1 Å². The molecule has 1 aliphatic rings. The van der Waals surface area contributed by atoms with Crippen molar-refractivity contribution in [3.8, 4) is 5.75 Å². The second kappa shape index (κ2) is 5.27. The summed E-state index contributed by atoms with van der Waals surface area (Å²) in [4.78, 5) is 22.0. The van der Waals surface area contributed by atoms with Gasteiger partial charge in [-0.25, -0.2) is 0 Å².